The van der Waals surface area contributed by atoms with Gasteiger partial charge < -0.3 is 19.5 Å². The van der Waals surface area contributed by atoms with Crippen LogP contribution in [0, 0.1) is 11.3 Å². The molecule has 0 aliphatic rings. The Kier molecular flexibility index (Phi) is 6.57. The third kappa shape index (κ3) is 4.74. The normalized spacial score (nSPS) is 9.73. The molecule has 1 N–H and O–H groups in total. The molecule has 7 nitrogen and oxygen atoms in total. The molecule has 7 heteroatoms. The number of carbonyl (C=O) groups is 2. The average molecular weight is 354 g/mol. The van der Waals surface area contributed by atoms with Crippen molar-refractivity contribution >= 4 is 17.6 Å². The summed E-state index contributed by atoms with van der Waals surface area (Å²) in [5.41, 5.74) is 1.56. The highest BCUT2D eigenvalue weighted by Gasteiger charge is 2.18. The summed E-state index contributed by atoms with van der Waals surface area (Å²) in [5, 5.41) is 11.2. The zero-order chi connectivity index (χ0) is 18.9. The van der Waals surface area contributed by atoms with Crippen LogP contribution in [0.3, 0.4) is 0 Å². The predicted octanol–water partition coefficient (Wildman–Crippen LogP) is 2.57. The van der Waals surface area contributed by atoms with Crippen LogP contribution >= 0.6 is 0 Å². The van der Waals surface area contributed by atoms with Gasteiger partial charge in [-0.2, -0.15) is 5.26 Å². The number of hydrogen-bond acceptors (Lipinski definition) is 6. The Morgan fingerprint density at radius 1 is 1.08 bits per heavy atom. The zero-order valence-corrected chi connectivity index (χ0v) is 14.4. The van der Waals surface area contributed by atoms with Crippen LogP contribution in [0.25, 0.3) is 0 Å². The van der Waals surface area contributed by atoms with Crippen LogP contribution in [0.15, 0.2) is 42.5 Å². The summed E-state index contributed by atoms with van der Waals surface area (Å²) in [6, 6.07) is 13.7. The number of ether oxygens (including phenoxy) is 3. The van der Waals surface area contributed by atoms with Crippen molar-refractivity contribution in [1.29, 1.82) is 5.26 Å². The third-order valence-electron chi connectivity index (χ3n) is 3.48. The molecule has 26 heavy (non-hydrogen) atoms. The molecule has 134 valence electrons. The van der Waals surface area contributed by atoms with Gasteiger partial charge in [-0.1, -0.05) is 18.2 Å². The van der Waals surface area contributed by atoms with E-state index in [1.807, 2.05) is 6.07 Å². The number of nitrogens with zero attached hydrogens (tertiary/aromatic N) is 1. The SMILES string of the molecule is COc1cccc(C(=O)OCC(=O)Nc2ccc(CC#N)cc2)c1OC. The molecule has 2 rings (SSSR count). The average Bonchev–Trinajstić information content (AvgIpc) is 2.67. The lowest BCUT2D eigenvalue weighted by Crippen LogP contribution is -2.21. The molecule has 0 bridgehead atoms. The second kappa shape index (κ2) is 9.08. The first-order valence-corrected chi connectivity index (χ1v) is 7.73. The van der Waals surface area contributed by atoms with E-state index in [4.69, 9.17) is 19.5 Å². The molecule has 0 spiro atoms. The second-order valence-electron chi connectivity index (χ2n) is 5.20. The van der Waals surface area contributed by atoms with Gasteiger partial charge in [0.15, 0.2) is 18.1 Å². The number of anilines is 1. The fourth-order valence-corrected chi connectivity index (χ4v) is 2.25. The van der Waals surface area contributed by atoms with E-state index in [2.05, 4.69) is 5.32 Å². The van der Waals surface area contributed by atoms with Gasteiger partial charge in [-0.25, -0.2) is 4.79 Å². The highest BCUT2D eigenvalue weighted by Crippen LogP contribution is 2.31. The number of benzene rings is 2. The number of esters is 1. The highest BCUT2D eigenvalue weighted by molar-refractivity contribution is 5.97. The second-order valence-corrected chi connectivity index (χ2v) is 5.20. The van der Waals surface area contributed by atoms with Gasteiger partial charge in [0.05, 0.1) is 26.7 Å². The molecular formula is C19H18N2O5. The van der Waals surface area contributed by atoms with Gasteiger partial charge in [0.1, 0.15) is 5.56 Å². The van der Waals surface area contributed by atoms with Crippen molar-refractivity contribution in [3.63, 3.8) is 0 Å². The first-order chi connectivity index (χ1) is 12.6. The van der Waals surface area contributed by atoms with Crippen LogP contribution < -0.4 is 14.8 Å². The number of nitrogens with one attached hydrogen (secondary N) is 1. The van der Waals surface area contributed by atoms with Crippen molar-refractivity contribution in [2.24, 2.45) is 0 Å². The maximum absolute atomic E-state index is 12.2. The van der Waals surface area contributed by atoms with Gasteiger partial charge >= 0.3 is 5.97 Å². The number of hydrogen-bond donors (Lipinski definition) is 1. The molecule has 0 aromatic heterocycles. The molecule has 0 unspecified atom stereocenters. The fraction of sp³-hybridized carbons (Fsp3) is 0.211. The molecule has 1 amide bonds. The van der Waals surface area contributed by atoms with Gasteiger partial charge in [0.25, 0.3) is 5.91 Å². The van der Waals surface area contributed by atoms with E-state index in [0.29, 0.717) is 17.9 Å². The summed E-state index contributed by atoms with van der Waals surface area (Å²) in [5.74, 6) is -0.536. The van der Waals surface area contributed by atoms with E-state index in [1.165, 1.54) is 20.3 Å². The Labute approximate surface area is 151 Å². The number of amides is 1. The summed E-state index contributed by atoms with van der Waals surface area (Å²) < 4.78 is 15.3. The Morgan fingerprint density at radius 2 is 1.81 bits per heavy atom. The summed E-state index contributed by atoms with van der Waals surface area (Å²) in [4.78, 5) is 24.1. The molecule has 0 aliphatic carbocycles. The largest absolute Gasteiger partial charge is 0.493 e. The molecule has 0 fully saturated rings. The lowest BCUT2D eigenvalue weighted by atomic mass is 10.1. The molecule has 0 saturated heterocycles. The van der Waals surface area contributed by atoms with Crippen molar-refractivity contribution in [2.45, 2.75) is 6.42 Å². The molecule has 0 radical (unpaired) electrons. The third-order valence-corrected chi connectivity index (χ3v) is 3.48. The highest BCUT2D eigenvalue weighted by atomic mass is 16.5. The Morgan fingerprint density at radius 3 is 2.42 bits per heavy atom. The van der Waals surface area contributed by atoms with Crippen LogP contribution in [0.1, 0.15) is 15.9 Å². The lowest BCUT2D eigenvalue weighted by Gasteiger charge is -2.12. The topological polar surface area (TPSA) is 97.6 Å². The van der Waals surface area contributed by atoms with E-state index in [-0.39, 0.29) is 11.3 Å². The van der Waals surface area contributed by atoms with Gasteiger partial charge in [0.2, 0.25) is 0 Å². The van der Waals surface area contributed by atoms with Gasteiger partial charge in [-0.15, -0.1) is 0 Å². The molecule has 2 aromatic rings. The van der Waals surface area contributed by atoms with Crippen LogP contribution in [-0.2, 0) is 16.0 Å². The van der Waals surface area contributed by atoms with Crippen LogP contribution in [-0.4, -0.2) is 32.7 Å². The standard InChI is InChI=1S/C19H18N2O5/c1-24-16-5-3-4-15(18(16)25-2)19(23)26-12-17(22)21-14-8-6-13(7-9-14)10-11-20/h3-9H,10,12H2,1-2H3,(H,21,22). The molecule has 0 atom stereocenters. The first kappa shape index (κ1) is 18.8. The number of methoxy groups -OCH3 is 2. The van der Waals surface area contributed by atoms with Crippen LogP contribution in [0.5, 0.6) is 11.5 Å². The molecule has 2 aromatic carbocycles. The molecule has 0 aliphatic heterocycles. The van der Waals surface area contributed by atoms with Crippen LogP contribution in [0.4, 0.5) is 5.69 Å². The van der Waals surface area contributed by atoms with E-state index in [9.17, 15) is 9.59 Å². The van der Waals surface area contributed by atoms with Gasteiger partial charge in [0, 0.05) is 5.69 Å². The van der Waals surface area contributed by atoms with Crippen LogP contribution in [0.2, 0.25) is 0 Å². The minimum absolute atomic E-state index is 0.167. The van der Waals surface area contributed by atoms with Gasteiger partial charge in [-0.05, 0) is 29.8 Å². The Balaban J connectivity index is 1.95. The fourth-order valence-electron chi connectivity index (χ4n) is 2.25. The molecule has 0 heterocycles. The van der Waals surface area contributed by atoms with E-state index < -0.39 is 18.5 Å². The van der Waals surface area contributed by atoms with Gasteiger partial charge in [-0.3, -0.25) is 4.79 Å². The maximum atomic E-state index is 12.2. The Bertz CT molecular complexity index is 825. The molecule has 0 saturated carbocycles. The summed E-state index contributed by atoms with van der Waals surface area (Å²) in [6.07, 6.45) is 0.300. The van der Waals surface area contributed by atoms with Crippen molar-refractivity contribution < 1.29 is 23.8 Å². The van der Waals surface area contributed by atoms with Crippen molar-refractivity contribution in [1.82, 2.24) is 0 Å². The number of rotatable bonds is 7. The van der Waals surface area contributed by atoms with E-state index in [1.54, 1.807) is 36.4 Å². The number of nitriles is 1. The first-order valence-electron chi connectivity index (χ1n) is 7.73. The summed E-state index contributed by atoms with van der Waals surface area (Å²) in [7, 11) is 2.87. The number of para-hydroxylation sites is 1. The minimum atomic E-state index is -0.694. The smallest absolute Gasteiger partial charge is 0.342 e. The monoisotopic (exact) mass is 354 g/mol. The Hall–Kier alpha value is -3.53. The van der Waals surface area contributed by atoms with E-state index >= 15 is 0 Å². The van der Waals surface area contributed by atoms with Crippen molar-refractivity contribution in [3.05, 3.63) is 53.6 Å². The van der Waals surface area contributed by atoms with Crippen molar-refractivity contribution in [3.8, 4) is 17.6 Å². The summed E-state index contributed by atoms with van der Waals surface area (Å²) in [6.45, 7) is -0.445. The maximum Gasteiger partial charge on any atom is 0.342 e. The summed E-state index contributed by atoms with van der Waals surface area (Å²) >= 11 is 0. The molecular weight excluding hydrogens is 336 g/mol. The number of carbonyl (C=O) groups excluding carboxylic acids is 2. The zero-order valence-electron chi connectivity index (χ0n) is 14.4. The lowest BCUT2D eigenvalue weighted by molar-refractivity contribution is -0.119. The minimum Gasteiger partial charge on any atom is -0.493 e. The predicted molar refractivity (Wildman–Crippen MR) is 94.2 cm³/mol. The van der Waals surface area contributed by atoms with Crippen molar-refractivity contribution in [2.75, 3.05) is 26.1 Å². The quantitative estimate of drug-likeness (QED) is 0.768. The van der Waals surface area contributed by atoms with E-state index in [0.717, 1.165) is 5.56 Å².